The lowest BCUT2D eigenvalue weighted by atomic mass is 9.73. The van der Waals surface area contributed by atoms with Crippen LogP contribution in [0.2, 0.25) is 0 Å². The van der Waals surface area contributed by atoms with E-state index in [0.29, 0.717) is 49.5 Å². The first kappa shape index (κ1) is 22.3. The number of aliphatic imine (C=N–C) groups is 1. The maximum absolute atomic E-state index is 13.2. The fourth-order valence-corrected chi connectivity index (χ4v) is 5.08. The van der Waals surface area contributed by atoms with Gasteiger partial charge in [0.25, 0.3) is 0 Å². The van der Waals surface area contributed by atoms with Crippen molar-refractivity contribution in [3.05, 3.63) is 35.4 Å². The molecule has 2 atom stereocenters. The molecule has 0 spiro atoms. The summed E-state index contributed by atoms with van der Waals surface area (Å²) in [5.41, 5.74) is -0.298. The SMILES string of the molecule is CN=C(NCC1(c2cccc(C(F)(F)F)c2)CCOCC1)NC1CCC(SC)C1. The van der Waals surface area contributed by atoms with Crippen molar-refractivity contribution in [3.63, 3.8) is 0 Å². The molecule has 4 nitrogen and oxygen atoms in total. The van der Waals surface area contributed by atoms with Crippen LogP contribution in [0.25, 0.3) is 0 Å². The van der Waals surface area contributed by atoms with Crippen LogP contribution in [0.3, 0.4) is 0 Å². The highest BCUT2D eigenvalue weighted by Gasteiger charge is 2.37. The molecule has 1 aromatic rings. The topological polar surface area (TPSA) is 45.7 Å². The van der Waals surface area contributed by atoms with Crippen LogP contribution in [-0.2, 0) is 16.3 Å². The Morgan fingerprint density at radius 2 is 2.03 bits per heavy atom. The third-order valence-corrected chi connectivity index (χ3v) is 7.22. The van der Waals surface area contributed by atoms with Gasteiger partial charge in [-0.05, 0) is 50.0 Å². The Bertz CT molecular complexity index is 705. The van der Waals surface area contributed by atoms with Crippen molar-refractivity contribution in [2.75, 3.05) is 33.1 Å². The summed E-state index contributed by atoms with van der Waals surface area (Å²) < 4.78 is 45.2. The molecule has 3 rings (SSSR count). The van der Waals surface area contributed by atoms with Crippen LogP contribution >= 0.6 is 11.8 Å². The molecule has 0 aromatic heterocycles. The highest BCUT2D eigenvalue weighted by atomic mass is 32.2. The summed E-state index contributed by atoms with van der Waals surface area (Å²) in [7, 11) is 1.73. The molecule has 2 unspecified atom stereocenters. The van der Waals surface area contributed by atoms with Gasteiger partial charge in [0, 0.05) is 43.5 Å². The molecule has 1 saturated carbocycles. The van der Waals surface area contributed by atoms with Gasteiger partial charge in [-0.3, -0.25) is 4.99 Å². The first-order chi connectivity index (χ1) is 13.9. The van der Waals surface area contributed by atoms with Gasteiger partial charge in [0.15, 0.2) is 5.96 Å². The van der Waals surface area contributed by atoms with Crippen LogP contribution in [-0.4, -0.2) is 50.3 Å². The molecule has 1 aliphatic heterocycles. The number of nitrogens with one attached hydrogen (secondary N) is 2. The van der Waals surface area contributed by atoms with Gasteiger partial charge in [0.2, 0.25) is 0 Å². The summed E-state index contributed by atoms with van der Waals surface area (Å²) in [5.74, 6) is 0.717. The molecule has 2 aliphatic rings. The molecule has 1 aromatic carbocycles. The molecule has 1 heterocycles. The monoisotopic (exact) mass is 429 g/mol. The lowest BCUT2D eigenvalue weighted by Crippen LogP contribution is -2.49. The molecular weight excluding hydrogens is 399 g/mol. The van der Waals surface area contributed by atoms with Gasteiger partial charge >= 0.3 is 6.18 Å². The molecule has 0 amide bonds. The third kappa shape index (κ3) is 5.60. The van der Waals surface area contributed by atoms with Crippen molar-refractivity contribution >= 4 is 17.7 Å². The number of rotatable bonds is 5. The van der Waals surface area contributed by atoms with Gasteiger partial charge in [0.1, 0.15) is 0 Å². The summed E-state index contributed by atoms with van der Waals surface area (Å²) >= 11 is 1.90. The predicted molar refractivity (Wildman–Crippen MR) is 113 cm³/mol. The first-order valence-electron chi connectivity index (χ1n) is 10.1. The van der Waals surface area contributed by atoms with Crippen LogP contribution in [0, 0.1) is 0 Å². The predicted octanol–water partition coefficient (Wildman–Crippen LogP) is 4.20. The van der Waals surface area contributed by atoms with E-state index in [0.717, 1.165) is 24.9 Å². The second-order valence-corrected chi connectivity index (χ2v) is 9.05. The molecule has 2 fully saturated rings. The van der Waals surface area contributed by atoms with Gasteiger partial charge in [-0.25, -0.2) is 0 Å². The van der Waals surface area contributed by atoms with Crippen molar-refractivity contribution in [3.8, 4) is 0 Å². The van der Waals surface area contributed by atoms with E-state index in [9.17, 15) is 13.2 Å². The minimum Gasteiger partial charge on any atom is -0.381 e. The number of ether oxygens (including phenoxy) is 1. The molecule has 29 heavy (non-hydrogen) atoms. The van der Waals surface area contributed by atoms with Crippen molar-refractivity contribution in [1.82, 2.24) is 10.6 Å². The lowest BCUT2D eigenvalue weighted by Gasteiger charge is -2.38. The van der Waals surface area contributed by atoms with E-state index in [1.165, 1.54) is 18.6 Å². The number of nitrogens with zero attached hydrogens (tertiary/aromatic N) is 1. The fraction of sp³-hybridized carbons (Fsp3) is 0.667. The number of hydrogen-bond donors (Lipinski definition) is 2. The standard InChI is InChI=1S/C21H30F3N3OS/c1-25-19(27-17-6-7-18(13-17)29-2)26-14-20(8-10-28-11-9-20)15-4-3-5-16(12-15)21(22,23)24/h3-5,12,17-18H,6-11,13-14H2,1-2H3,(H2,25,26,27). The fourth-order valence-electron chi connectivity index (χ4n) is 4.28. The quantitative estimate of drug-likeness (QED) is 0.544. The maximum Gasteiger partial charge on any atom is 0.416 e. The van der Waals surface area contributed by atoms with Gasteiger partial charge in [-0.2, -0.15) is 24.9 Å². The molecule has 0 radical (unpaired) electrons. The molecule has 1 saturated heterocycles. The van der Waals surface area contributed by atoms with Crippen LogP contribution in [0.1, 0.15) is 43.2 Å². The zero-order chi connectivity index (χ0) is 20.9. The van der Waals surface area contributed by atoms with E-state index in [4.69, 9.17) is 4.74 Å². The Morgan fingerprint density at radius 1 is 1.28 bits per heavy atom. The van der Waals surface area contributed by atoms with E-state index in [1.807, 2.05) is 11.8 Å². The Balaban J connectivity index is 1.72. The number of alkyl halides is 3. The zero-order valence-electron chi connectivity index (χ0n) is 17.0. The average molecular weight is 430 g/mol. The summed E-state index contributed by atoms with van der Waals surface area (Å²) in [5, 5.41) is 7.56. The second kappa shape index (κ2) is 9.60. The number of guanidine groups is 1. The van der Waals surface area contributed by atoms with Crippen molar-refractivity contribution in [2.24, 2.45) is 4.99 Å². The van der Waals surface area contributed by atoms with Gasteiger partial charge in [-0.1, -0.05) is 18.2 Å². The van der Waals surface area contributed by atoms with E-state index in [1.54, 1.807) is 13.1 Å². The molecule has 162 valence electrons. The number of benzene rings is 1. The summed E-state index contributed by atoms with van der Waals surface area (Å²) in [6.07, 6.45) is 2.56. The zero-order valence-corrected chi connectivity index (χ0v) is 17.8. The largest absolute Gasteiger partial charge is 0.416 e. The van der Waals surface area contributed by atoms with E-state index < -0.39 is 17.2 Å². The second-order valence-electron chi connectivity index (χ2n) is 7.91. The van der Waals surface area contributed by atoms with Gasteiger partial charge in [0.05, 0.1) is 5.56 Å². The summed E-state index contributed by atoms with van der Waals surface area (Å²) in [6.45, 7) is 1.61. The van der Waals surface area contributed by atoms with E-state index >= 15 is 0 Å². The van der Waals surface area contributed by atoms with E-state index in [2.05, 4.69) is 21.9 Å². The summed E-state index contributed by atoms with van der Waals surface area (Å²) in [6, 6.07) is 6.12. The highest BCUT2D eigenvalue weighted by Crippen LogP contribution is 2.38. The highest BCUT2D eigenvalue weighted by molar-refractivity contribution is 7.99. The number of halogens is 3. The minimum absolute atomic E-state index is 0.387. The van der Waals surface area contributed by atoms with Gasteiger partial charge in [-0.15, -0.1) is 0 Å². The van der Waals surface area contributed by atoms with Crippen molar-refractivity contribution in [1.29, 1.82) is 0 Å². The average Bonchev–Trinajstić information content (AvgIpc) is 3.19. The molecular formula is C21H30F3N3OS. The van der Waals surface area contributed by atoms with Crippen LogP contribution < -0.4 is 10.6 Å². The molecule has 1 aliphatic carbocycles. The Morgan fingerprint density at radius 3 is 2.66 bits per heavy atom. The van der Waals surface area contributed by atoms with Crippen molar-refractivity contribution in [2.45, 2.75) is 55.0 Å². The van der Waals surface area contributed by atoms with Gasteiger partial charge < -0.3 is 15.4 Å². The number of thioether (sulfide) groups is 1. The lowest BCUT2D eigenvalue weighted by molar-refractivity contribution is -0.137. The van der Waals surface area contributed by atoms with E-state index in [-0.39, 0.29) is 0 Å². The van der Waals surface area contributed by atoms with Crippen LogP contribution in [0.5, 0.6) is 0 Å². The smallest absolute Gasteiger partial charge is 0.381 e. The van der Waals surface area contributed by atoms with Crippen molar-refractivity contribution < 1.29 is 17.9 Å². The normalized spacial score (nSPS) is 25.1. The molecule has 0 bridgehead atoms. The minimum atomic E-state index is -4.34. The Labute approximate surface area is 175 Å². The molecule has 8 heteroatoms. The Kier molecular flexibility index (Phi) is 7.37. The maximum atomic E-state index is 13.2. The van der Waals surface area contributed by atoms with Crippen LogP contribution in [0.15, 0.2) is 29.3 Å². The summed E-state index contributed by atoms with van der Waals surface area (Å²) in [4.78, 5) is 4.34. The Hall–Kier alpha value is -1.41. The van der Waals surface area contributed by atoms with Crippen LogP contribution in [0.4, 0.5) is 13.2 Å². The third-order valence-electron chi connectivity index (χ3n) is 6.13. The molecule has 2 N–H and O–H groups in total. The number of hydrogen-bond acceptors (Lipinski definition) is 3. The first-order valence-corrected chi connectivity index (χ1v) is 11.4.